The van der Waals surface area contributed by atoms with Gasteiger partial charge in [-0.15, -0.1) is 0 Å². The Labute approximate surface area is 205 Å². The molecule has 0 spiro atoms. The van der Waals surface area contributed by atoms with E-state index in [1.807, 2.05) is 51.1 Å². The Morgan fingerprint density at radius 3 is 2.74 bits per heavy atom. The average molecular weight is 478 g/mol. The van der Waals surface area contributed by atoms with Crippen molar-refractivity contribution >= 4 is 12.2 Å². The van der Waals surface area contributed by atoms with Gasteiger partial charge in [0.15, 0.2) is 5.60 Å². The number of alkyl carbamates (subject to hydrolysis) is 1. The molecule has 2 fully saturated rings. The summed E-state index contributed by atoms with van der Waals surface area (Å²) in [5, 5.41) is 23.9. The van der Waals surface area contributed by atoms with Gasteiger partial charge in [0, 0.05) is 23.7 Å². The molecule has 1 heterocycles. The number of halogens is 1. The predicted octanol–water partition coefficient (Wildman–Crippen LogP) is 5.49. The molecule has 2 aromatic rings. The van der Waals surface area contributed by atoms with Crippen molar-refractivity contribution in [2.75, 3.05) is 0 Å². The standard InChI is InChI=1S/C28H32FN3O3/c1-27(2,3)35-26(33)32-23-9-11-24-20(14-23)15-28(34,17-30)25(24)12-10-22-8-7-19(16-31-22)18-5-4-6-21(29)13-18/h4-8,10,12-13,16,20,23-25,34H,9,11,14-15H2,1-3H3,(H,32,33)/b12-10+/t20-,23?,24+,25-,28+/m0/s1. The van der Waals surface area contributed by atoms with Gasteiger partial charge in [-0.25, -0.2) is 9.18 Å². The molecule has 2 N–H and O–H groups in total. The monoisotopic (exact) mass is 477 g/mol. The Kier molecular flexibility index (Phi) is 6.95. The van der Waals surface area contributed by atoms with E-state index < -0.39 is 17.3 Å². The van der Waals surface area contributed by atoms with Crippen LogP contribution in [0.2, 0.25) is 0 Å². The molecule has 1 aromatic carbocycles. The van der Waals surface area contributed by atoms with E-state index in [2.05, 4.69) is 16.4 Å². The predicted molar refractivity (Wildman–Crippen MR) is 131 cm³/mol. The number of carbonyl (C=O) groups is 1. The number of nitrogens with one attached hydrogen (secondary N) is 1. The fourth-order valence-electron chi connectivity index (χ4n) is 5.46. The molecule has 4 rings (SSSR count). The number of hydrogen-bond acceptors (Lipinski definition) is 5. The van der Waals surface area contributed by atoms with Crippen LogP contribution in [-0.4, -0.2) is 33.4 Å². The summed E-state index contributed by atoms with van der Waals surface area (Å²) in [7, 11) is 0. The number of ether oxygens (including phenoxy) is 1. The van der Waals surface area contributed by atoms with Crippen LogP contribution in [0.4, 0.5) is 9.18 Å². The van der Waals surface area contributed by atoms with Crippen molar-refractivity contribution in [1.82, 2.24) is 10.3 Å². The van der Waals surface area contributed by atoms with Crippen molar-refractivity contribution < 1.29 is 19.0 Å². The number of aliphatic hydroxyl groups is 1. The molecule has 6 nitrogen and oxygen atoms in total. The summed E-state index contributed by atoms with van der Waals surface area (Å²) in [4.78, 5) is 16.6. The van der Waals surface area contributed by atoms with Crippen molar-refractivity contribution in [3.8, 4) is 17.2 Å². The van der Waals surface area contributed by atoms with Gasteiger partial charge in [-0.3, -0.25) is 4.98 Å². The van der Waals surface area contributed by atoms with Gasteiger partial charge in [0.1, 0.15) is 11.4 Å². The summed E-state index contributed by atoms with van der Waals surface area (Å²) >= 11 is 0. The Morgan fingerprint density at radius 1 is 1.29 bits per heavy atom. The molecule has 0 aliphatic heterocycles. The highest BCUT2D eigenvalue weighted by Crippen LogP contribution is 2.51. The van der Waals surface area contributed by atoms with Crippen LogP contribution in [0.1, 0.15) is 52.1 Å². The second-order valence-corrected chi connectivity index (χ2v) is 10.7. The van der Waals surface area contributed by atoms with Crippen LogP contribution in [0.15, 0.2) is 48.7 Å². The van der Waals surface area contributed by atoms with Crippen LogP contribution in [-0.2, 0) is 4.74 Å². The zero-order valence-corrected chi connectivity index (χ0v) is 20.4. The molecule has 7 heteroatoms. The van der Waals surface area contributed by atoms with E-state index in [4.69, 9.17) is 4.74 Å². The number of nitriles is 1. The third kappa shape index (κ3) is 5.88. The summed E-state index contributed by atoms with van der Waals surface area (Å²) in [6.45, 7) is 5.48. The van der Waals surface area contributed by atoms with Crippen LogP contribution < -0.4 is 5.32 Å². The number of nitrogens with zero attached hydrogens (tertiary/aromatic N) is 2. The summed E-state index contributed by atoms with van der Waals surface area (Å²) in [5.74, 6) is -0.329. The first-order chi connectivity index (χ1) is 16.6. The summed E-state index contributed by atoms with van der Waals surface area (Å²) in [6, 6.07) is 12.2. The molecule has 2 aliphatic carbocycles. The van der Waals surface area contributed by atoms with Crippen LogP contribution >= 0.6 is 0 Å². The van der Waals surface area contributed by atoms with Crippen molar-refractivity contribution in [2.45, 2.75) is 63.7 Å². The zero-order valence-electron chi connectivity index (χ0n) is 20.4. The van der Waals surface area contributed by atoms with Crippen LogP contribution in [0, 0.1) is 34.9 Å². The lowest BCUT2D eigenvalue weighted by Crippen LogP contribution is -2.43. The van der Waals surface area contributed by atoms with Gasteiger partial charge in [0.05, 0.1) is 11.8 Å². The Bertz CT molecular complexity index is 1140. The fourth-order valence-corrected chi connectivity index (χ4v) is 5.46. The molecule has 1 amide bonds. The number of aromatic nitrogens is 1. The molecule has 0 radical (unpaired) electrons. The second-order valence-electron chi connectivity index (χ2n) is 10.7. The van der Waals surface area contributed by atoms with Crippen molar-refractivity contribution in [3.05, 3.63) is 60.2 Å². The Balaban J connectivity index is 1.43. The number of hydrogen-bond donors (Lipinski definition) is 2. The first-order valence-electron chi connectivity index (χ1n) is 12.1. The normalized spacial score (nSPS) is 28.3. The van der Waals surface area contributed by atoms with Crippen LogP contribution in [0.3, 0.4) is 0 Å². The van der Waals surface area contributed by atoms with Crippen molar-refractivity contribution in [3.63, 3.8) is 0 Å². The molecular formula is C28H32FN3O3. The minimum atomic E-state index is -1.45. The lowest BCUT2D eigenvalue weighted by atomic mass is 9.75. The molecule has 0 saturated heterocycles. The minimum absolute atomic E-state index is 0.0335. The molecule has 1 unspecified atom stereocenters. The van der Waals surface area contributed by atoms with Crippen LogP contribution in [0.25, 0.3) is 17.2 Å². The van der Waals surface area contributed by atoms with E-state index >= 15 is 0 Å². The van der Waals surface area contributed by atoms with E-state index in [1.54, 1.807) is 12.3 Å². The number of pyridine rings is 1. The van der Waals surface area contributed by atoms with Crippen LogP contribution in [0.5, 0.6) is 0 Å². The minimum Gasteiger partial charge on any atom is -0.444 e. The van der Waals surface area contributed by atoms with E-state index in [0.717, 1.165) is 24.0 Å². The quantitative estimate of drug-likeness (QED) is 0.568. The highest BCUT2D eigenvalue weighted by atomic mass is 19.1. The Morgan fingerprint density at radius 2 is 2.09 bits per heavy atom. The average Bonchev–Trinajstić information content (AvgIpc) is 3.07. The molecule has 35 heavy (non-hydrogen) atoms. The van der Waals surface area contributed by atoms with E-state index in [9.17, 15) is 19.6 Å². The van der Waals surface area contributed by atoms with Gasteiger partial charge in [0.25, 0.3) is 0 Å². The lowest BCUT2D eigenvalue weighted by molar-refractivity contribution is 0.0472. The van der Waals surface area contributed by atoms with E-state index in [-0.39, 0.29) is 29.6 Å². The van der Waals surface area contributed by atoms with Gasteiger partial charge >= 0.3 is 6.09 Å². The topological polar surface area (TPSA) is 95.2 Å². The SMILES string of the molecule is CC(C)(C)OC(=O)NC1CC[C@@H]2[C@@H](C1)C[C@@](O)(C#N)[C@H]2/C=C/c1ccc(-c2cccc(F)c2)cn1. The third-order valence-electron chi connectivity index (χ3n) is 6.96. The molecule has 2 saturated carbocycles. The highest BCUT2D eigenvalue weighted by molar-refractivity contribution is 5.68. The molecule has 5 atom stereocenters. The summed E-state index contributed by atoms with van der Waals surface area (Å²) in [5.41, 5.74) is 0.256. The summed E-state index contributed by atoms with van der Waals surface area (Å²) < 4.78 is 18.9. The number of benzene rings is 1. The molecule has 1 aromatic heterocycles. The lowest BCUT2D eigenvalue weighted by Gasteiger charge is -2.34. The van der Waals surface area contributed by atoms with Gasteiger partial charge in [-0.1, -0.05) is 24.3 Å². The smallest absolute Gasteiger partial charge is 0.407 e. The van der Waals surface area contributed by atoms with Gasteiger partial charge < -0.3 is 15.2 Å². The molecule has 184 valence electrons. The van der Waals surface area contributed by atoms with E-state index in [1.165, 1.54) is 12.1 Å². The summed E-state index contributed by atoms with van der Waals surface area (Å²) in [6.07, 6.45) is 7.66. The Hall–Kier alpha value is -3.24. The molecule has 2 aliphatic rings. The van der Waals surface area contributed by atoms with Gasteiger partial charge in [-0.05, 0) is 88.1 Å². The van der Waals surface area contributed by atoms with Crippen molar-refractivity contribution in [2.24, 2.45) is 17.8 Å². The maximum absolute atomic E-state index is 13.5. The molecular weight excluding hydrogens is 445 g/mol. The van der Waals surface area contributed by atoms with Crippen molar-refractivity contribution in [1.29, 1.82) is 5.26 Å². The largest absolute Gasteiger partial charge is 0.444 e. The maximum atomic E-state index is 13.5. The van der Waals surface area contributed by atoms with Gasteiger partial charge in [-0.2, -0.15) is 5.26 Å². The second kappa shape index (κ2) is 9.79. The van der Waals surface area contributed by atoms with Gasteiger partial charge in [0.2, 0.25) is 0 Å². The third-order valence-corrected chi connectivity index (χ3v) is 6.96. The highest BCUT2D eigenvalue weighted by Gasteiger charge is 2.53. The fraction of sp³-hybridized carbons (Fsp3) is 0.464. The number of fused-ring (bicyclic) bond motifs is 1. The van der Waals surface area contributed by atoms with E-state index in [0.29, 0.717) is 18.5 Å². The first-order valence-corrected chi connectivity index (χ1v) is 12.1. The number of rotatable bonds is 4. The zero-order chi connectivity index (χ0) is 25.2. The number of amides is 1. The molecule has 0 bridgehead atoms. The maximum Gasteiger partial charge on any atom is 0.407 e. The number of carbonyl (C=O) groups excluding carboxylic acids is 1. The first kappa shape index (κ1) is 24.9.